The third-order valence-electron chi connectivity index (χ3n) is 2.97. The van der Waals surface area contributed by atoms with Gasteiger partial charge in [-0.1, -0.05) is 29.8 Å². The van der Waals surface area contributed by atoms with Crippen LogP contribution in [0.4, 0.5) is 0 Å². The van der Waals surface area contributed by atoms with E-state index in [2.05, 4.69) is 5.10 Å². The van der Waals surface area contributed by atoms with Crippen LogP contribution in [-0.2, 0) is 0 Å². The molecule has 0 amide bonds. The molecule has 1 aromatic carbocycles. The van der Waals surface area contributed by atoms with Crippen molar-refractivity contribution < 1.29 is 4.79 Å². The van der Waals surface area contributed by atoms with Crippen LogP contribution in [0.2, 0.25) is 5.15 Å². The van der Waals surface area contributed by atoms with Crippen LogP contribution in [-0.4, -0.2) is 16.1 Å². The highest BCUT2D eigenvalue weighted by atomic mass is 35.5. The summed E-state index contributed by atoms with van der Waals surface area (Å²) in [6.07, 6.45) is 3.01. The highest BCUT2D eigenvalue weighted by molar-refractivity contribution is 6.32. The van der Waals surface area contributed by atoms with Crippen LogP contribution in [0.15, 0.2) is 30.3 Å². The quantitative estimate of drug-likeness (QED) is 0.780. The highest BCUT2D eigenvalue weighted by Gasteiger charge is 2.31. The molecule has 3 rings (SSSR count). The van der Waals surface area contributed by atoms with Crippen LogP contribution in [0.5, 0.6) is 0 Å². The van der Waals surface area contributed by atoms with Gasteiger partial charge in [0.1, 0.15) is 5.15 Å². The lowest BCUT2D eigenvalue weighted by molar-refractivity contribution is 0.112. The molecule has 2 aromatic rings. The SMILES string of the molecule is O=Cc1c(C2CC2)nn(-c2ccccc2)c1Cl. The van der Waals surface area contributed by atoms with Crippen molar-refractivity contribution in [3.63, 3.8) is 0 Å². The molecule has 1 aliphatic rings. The number of hydrogen-bond acceptors (Lipinski definition) is 2. The van der Waals surface area contributed by atoms with Crippen LogP contribution >= 0.6 is 11.6 Å². The highest BCUT2D eigenvalue weighted by Crippen LogP contribution is 2.42. The number of aromatic nitrogens is 2. The predicted molar refractivity (Wildman–Crippen MR) is 65.9 cm³/mol. The summed E-state index contributed by atoms with van der Waals surface area (Å²) >= 11 is 6.21. The molecule has 0 saturated heterocycles. The fourth-order valence-electron chi connectivity index (χ4n) is 1.93. The standard InChI is InChI=1S/C13H11ClN2O/c14-13-11(8-17)12(9-6-7-9)15-16(13)10-4-2-1-3-5-10/h1-5,8-9H,6-7H2. The maximum absolute atomic E-state index is 11.1. The molecule has 86 valence electrons. The number of halogens is 1. The first-order chi connectivity index (χ1) is 8.31. The van der Waals surface area contributed by atoms with Gasteiger partial charge in [0.15, 0.2) is 6.29 Å². The fourth-order valence-corrected chi connectivity index (χ4v) is 2.21. The first kappa shape index (κ1) is 10.5. The van der Waals surface area contributed by atoms with Gasteiger partial charge in [0.05, 0.1) is 16.9 Å². The van der Waals surface area contributed by atoms with Gasteiger partial charge in [-0.05, 0) is 25.0 Å². The van der Waals surface area contributed by atoms with Crippen LogP contribution in [0.1, 0.15) is 34.8 Å². The van der Waals surface area contributed by atoms with E-state index < -0.39 is 0 Å². The number of hydrogen-bond donors (Lipinski definition) is 0. The second-order valence-corrected chi connectivity index (χ2v) is 4.59. The molecular formula is C13H11ClN2O. The molecule has 0 aliphatic heterocycles. The third-order valence-corrected chi connectivity index (χ3v) is 3.34. The zero-order chi connectivity index (χ0) is 11.8. The average Bonchev–Trinajstić information content (AvgIpc) is 3.15. The molecule has 0 bridgehead atoms. The van der Waals surface area contributed by atoms with Gasteiger partial charge in [-0.3, -0.25) is 4.79 Å². The Morgan fingerprint density at radius 3 is 2.59 bits per heavy atom. The van der Waals surface area contributed by atoms with Gasteiger partial charge in [0.2, 0.25) is 0 Å². The summed E-state index contributed by atoms with van der Waals surface area (Å²) in [6, 6.07) is 9.62. The molecule has 1 fully saturated rings. The minimum atomic E-state index is 0.410. The van der Waals surface area contributed by atoms with E-state index in [9.17, 15) is 4.79 Å². The molecule has 0 spiro atoms. The van der Waals surface area contributed by atoms with E-state index in [-0.39, 0.29) is 0 Å². The average molecular weight is 247 g/mol. The fraction of sp³-hybridized carbons (Fsp3) is 0.231. The van der Waals surface area contributed by atoms with Crippen molar-refractivity contribution >= 4 is 17.9 Å². The summed E-state index contributed by atoms with van der Waals surface area (Å²) in [5.41, 5.74) is 2.26. The van der Waals surface area contributed by atoms with Gasteiger partial charge in [0.25, 0.3) is 0 Å². The van der Waals surface area contributed by atoms with Gasteiger partial charge in [-0.2, -0.15) is 5.10 Å². The minimum absolute atomic E-state index is 0.410. The number of para-hydroxylation sites is 1. The van der Waals surface area contributed by atoms with E-state index in [1.807, 2.05) is 30.3 Å². The molecule has 0 unspecified atom stereocenters. The summed E-state index contributed by atoms with van der Waals surface area (Å²) in [4.78, 5) is 11.1. The summed E-state index contributed by atoms with van der Waals surface area (Å²) in [5.74, 6) is 0.415. The van der Waals surface area contributed by atoms with Crippen molar-refractivity contribution in [2.45, 2.75) is 18.8 Å². The number of carbonyl (C=O) groups is 1. The molecule has 1 saturated carbocycles. The molecule has 1 aromatic heterocycles. The second kappa shape index (κ2) is 4.00. The van der Waals surface area contributed by atoms with Crippen LogP contribution in [0.3, 0.4) is 0 Å². The number of benzene rings is 1. The van der Waals surface area contributed by atoms with E-state index in [0.29, 0.717) is 16.6 Å². The Morgan fingerprint density at radius 2 is 2.00 bits per heavy atom. The van der Waals surface area contributed by atoms with Crippen molar-refractivity contribution in [3.05, 3.63) is 46.7 Å². The molecule has 0 radical (unpaired) electrons. The monoisotopic (exact) mass is 246 g/mol. The summed E-state index contributed by atoms with van der Waals surface area (Å²) in [7, 11) is 0. The van der Waals surface area contributed by atoms with Crippen molar-refractivity contribution in [2.24, 2.45) is 0 Å². The van der Waals surface area contributed by atoms with E-state index in [1.165, 1.54) is 0 Å². The molecule has 0 N–H and O–H groups in total. The minimum Gasteiger partial charge on any atom is -0.298 e. The number of nitrogens with zero attached hydrogens (tertiary/aromatic N) is 2. The Bertz CT molecular complexity index is 558. The normalized spacial score (nSPS) is 14.9. The maximum Gasteiger partial charge on any atom is 0.155 e. The first-order valence-electron chi connectivity index (χ1n) is 5.60. The molecule has 17 heavy (non-hydrogen) atoms. The third kappa shape index (κ3) is 1.76. The van der Waals surface area contributed by atoms with E-state index >= 15 is 0 Å². The summed E-state index contributed by atoms with van der Waals surface area (Å²) in [5, 5.41) is 4.88. The molecule has 0 atom stereocenters. The smallest absolute Gasteiger partial charge is 0.155 e. The summed E-state index contributed by atoms with van der Waals surface area (Å²) in [6.45, 7) is 0. The predicted octanol–water partition coefficient (Wildman–Crippen LogP) is 3.22. The zero-order valence-corrected chi connectivity index (χ0v) is 9.89. The van der Waals surface area contributed by atoms with Crippen molar-refractivity contribution in [1.29, 1.82) is 0 Å². The number of aldehydes is 1. The Labute approximate surface area is 104 Å². The van der Waals surface area contributed by atoms with E-state index in [4.69, 9.17) is 11.6 Å². The van der Waals surface area contributed by atoms with Gasteiger partial charge < -0.3 is 0 Å². The van der Waals surface area contributed by atoms with Gasteiger partial charge in [-0.15, -0.1) is 0 Å². The van der Waals surface area contributed by atoms with E-state index in [1.54, 1.807) is 4.68 Å². The topological polar surface area (TPSA) is 34.9 Å². The Morgan fingerprint density at radius 1 is 1.29 bits per heavy atom. The number of rotatable bonds is 3. The Hall–Kier alpha value is -1.61. The number of carbonyl (C=O) groups excluding carboxylic acids is 1. The molecule has 1 aliphatic carbocycles. The van der Waals surface area contributed by atoms with E-state index in [0.717, 1.165) is 30.5 Å². The van der Waals surface area contributed by atoms with Crippen LogP contribution in [0, 0.1) is 0 Å². The van der Waals surface area contributed by atoms with Crippen LogP contribution in [0.25, 0.3) is 5.69 Å². The largest absolute Gasteiger partial charge is 0.298 e. The van der Waals surface area contributed by atoms with Crippen LogP contribution < -0.4 is 0 Å². The molecule has 4 heteroatoms. The van der Waals surface area contributed by atoms with Crippen molar-refractivity contribution in [3.8, 4) is 5.69 Å². The lowest BCUT2D eigenvalue weighted by Gasteiger charge is -2.01. The lowest BCUT2D eigenvalue weighted by atomic mass is 10.2. The van der Waals surface area contributed by atoms with Gasteiger partial charge in [-0.25, -0.2) is 4.68 Å². The Kier molecular flexibility index (Phi) is 2.48. The maximum atomic E-state index is 11.1. The first-order valence-corrected chi connectivity index (χ1v) is 5.98. The summed E-state index contributed by atoms with van der Waals surface area (Å²) < 4.78 is 1.64. The molecule has 3 nitrogen and oxygen atoms in total. The lowest BCUT2D eigenvalue weighted by Crippen LogP contribution is -1.96. The van der Waals surface area contributed by atoms with Crippen molar-refractivity contribution in [2.75, 3.05) is 0 Å². The Balaban J connectivity index is 2.14. The van der Waals surface area contributed by atoms with Crippen molar-refractivity contribution in [1.82, 2.24) is 9.78 Å². The van der Waals surface area contributed by atoms with Gasteiger partial charge in [0, 0.05) is 5.92 Å². The second-order valence-electron chi connectivity index (χ2n) is 4.23. The van der Waals surface area contributed by atoms with Gasteiger partial charge >= 0.3 is 0 Å². The molecular weight excluding hydrogens is 236 g/mol. The molecule has 1 heterocycles. The zero-order valence-electron chi connectivity index (χ0n) is 9.14.